The predicted octanol–water partition coefficient (Wildman–Crippen LogP) is 3.51. The Hall–Kier alpha value is -2.51. The highest BCUT2D eigenvalue weighted by atomic mass is 32.2. The van der Waals surface area contributed by atoms with E-state index in [-0.39, 0.29) is 16.8 Å². The molecule has 0 heterocycles. The molecule has 2 aromatic carbocycles. The molecule has 0 aromatic heterocycles. The van der Waals surface area contributed by atoms with Gasteiger partial charge in [0.1, 0.15) is 5.82 Å². The average Bonchev–Trinajstić information content (AvgIpc) is 2.59. The number of nitrogens with one attached hydrogen (secondary N) is 1. The molecule has 2 rings (SSSR count). The smallest absolute Gasteiger partial charge is 0.248 e. The van der Waals surface area contributed by atoms with Crippen LogP contribution in [0.4, 0.5) is 10.1 Å². The molecule has 0 aliphatic rings. The highest BCUT2D eigenvalue weighted by Gasteiger charge is 2.22. The van der Waals surface area contributed by atoms with Gasteiger partial charge in [0.05, 0.1) is 4.90 Å². The first-order chi connectivity index (χ1) is 12.2. The van der Waals surface area contributed by atoms with Gasteiger partial charge in [-0.25, -0.2) is 12.8 Å². The summed E-state index contributed by atoms with van der Waals surface area (Å²) in [7, 11) is -2.04. The van der Waals surface area contributed by atoms with Crippen LogP contribution in [-0.4, -0.2) is 31.7 Å². The number of nitrogens with zero attached hydrogens (tertiary/aromatic N) is 1. The summed E-state index contributed by atoms with van der Waals surface area (Å²) < 4.78 is 39.2. The zero-order valence-corrected chi connectivity index (χ0v) is 15.6. The first-order valence-corrected chi connectivity index (χ1v) is 9.47. The number of hydrogen-bond acceptors (Lipinski definition) is 3. The Morgan fingerprint density at radius 3 is 2.38 bits per heavy atom. The summed E-state index contributed by atoms with van der Waals surface area (Å²) in [6.45, 7) is 3.58. The molecule has 0 unspecified atom stereocenters. The molecule has 0 radical (unpaired) electrons. The number of anilines is 1. The Morgan fingerprint density at radius 2 is 1.81 bits per heavy atom. The maximum absolute atomic E-state index is 13.1. The molecular weight excluding hydrogens is 355 g/mol. The van der Waals surface area contributed by atoms with Crippen molar-refractivity contribution in [2.24, 2.45) is 0 Å². The molecule has 0 spiro atoms. The van der Waals surface area contributed by atoms with Crippen molar-refractivity contribution >= 4 is 27.7 Å². The topological polar surface area (TPSA) is 66.5 Å². The molecule has 0 fully saturated rings. The van der Waals surface area contributed by atoms with Crippen LogP contribution in [0.3, 0.4) is 0 Å². The van der Waals surface area contributed by atoms with Crippen molar-refractivity contribution in [3.8, 4) is 0 Å². The van der Waals surface area contributed by atoms with Crippen LogP contribution in [0.1, 0.15) is 19.4 Å². The molecule has 5 nitrogen and oxygen atoms in total. The summed E-state index contributed by atoms with van der Waals surface area (Å²) in [6, 6.07) is 11.6. The summed E-state index contributed by atoms with van der Waals surface area (Å²) in [4.78, 5) is 12.1. The maximum atomic E-state index is 13.1. The number of sulfonamides is 1. The minimum absolute atomic E-state index is 0.155. The fourth-order valence-corrected chi connectivity index (χ4v) is 3.49. The number of hydrogen-bond donors (Lipinski definition) is 1. The highest BCUT2D eigenvalue weighted by molar-refractivity contribution is 7.89. The van der Waals surface area contributed by atoms with Crippen LogP contribution in [0, 0.1) is 5.82 Å². The van der Waals surface area contributed by atoms with E-state index >= 15 is 0 Å². The van der Waals surface area contributed by atoms with Crippen molar-refractivity contribution in [3.63, 3.8) is 0 Å². The van der Waals surface area contributed by atoms with E-state index in [0.29, 0.717) is 11.3 Å². The zero-order valence-electron chi connectivity index (χ0n) is 14.8. The normalized spacial score (nSPS) is 12.1. The van der Waals surface area contributed by atoms with Crippen LogP contribution < -0.4 is 5.32 Å². The van der Waals surface area contributed by atoms with E-state index in [4.69, 9.17) is 0 Å². The second-order valence-corrected chi connectivity index (χ2v) is 8.01. The van der Waals surface area contributed by atoms with E-state index in [1.165, 1.54) is 59.9 Å². The third-order valence-electron chi connectivity index (χ3n) is 3.80. The summed E-state index contributed by atoms with van der Waals surface area (Å²) in [6.07, 6.45) is 2.78. The first kappa shape index (κ1) is 19.8. The fourth-order valence-electron chi connectivity index (χ4n) is 2.12. The molecule has 0 atom stereocenters. The number of benzene rings is 2. The number of rotatable bonds is 6. The van der Waals surface area contributed by atoms with Crippen molar-refractivity contribution in [1.29, 1.82) is 0 Å². The number of carbonyl (C=O) groups is 1. The first-order valence-electron chi connectivity index (χ1n) is 8.03. The molecule has 1 amide bonds. The van der Waals surface area contributed by atoms with Gasteiger partial charge in [-0.3, -0.25) is 4.79 Å². The number of carbonyl (C=O) groups excluding carboxylic acids is 1. The van der Waals surface area contributed by atoms with Crippen molar-refractivity contribution in [3.05, 3.63) is 66.0 Å². The Balaban J connectivity index is 2.06. The molecule has 0 aliphatic heterocycles. The largest absolute Gasteiger partial charge is 0.323 e. The van der Waals surface area contributed by atoms with Crippen LogP contribution in [0.25, 0.3) is 6.08 Å². The van der Waals surface area contributed by atoms with Crippen LogP contribution in [0.15, 0.2) is 59.5 Å². The Kier molecular flexibility index (Phi) is 6.28. The fraction of sp³-hybridized carbons (Fsp3) is 0.211. The van der Waals surface area contributed by atoms with Gasteiger partial charge in [-0.2, -0.15) is 4.31 Å². The lowest BCUT2D eigenvalue weighted by Crippen LogP contribution is -2.33. The lowest BCUT2D eigenvalue weighted by molar-refractivity contribution is -0.111. The van der Waals surface area contributed by atoms with E-state index in [9.17, 15) is 17.6 Å². The lowest BCUT2D eigenvalue weighted by Gasteiger charge is -2.21. The Labute approximate surface area is 153 Å². The minimum atomic E-state index is -3.56. The van der Waals surface area contributed by atoms with E-state index < -0.39 is 15.9 Å². The molecule has 138 valence electrons. The highest BCUT2D eigenvalue weighted by Crippen LogP contribution is 2.19. The van der Waals surface area contributed by atoms with Gasteiger partial charge in [-0.05, 0) is 61.9 Å². The molecule has 2 aromatic rings. The third-order valence-corrected chi connectivity index (χ3v) is 5.85. The van der Waals surface area contributed by atoms with Crippen LogP contribution in [-0.2, 0) is 14.8 Å². The van der Waals surface area contributed by atoms with E-state index in [1.807, 2.05) is 0 Å². The van der Waals surface area contributed by atoms with Crippen molar-refractivity contribution in [1.82, 2.24) is 4.31 Å². The standard InChI is InChI=1S/C19H21FN2O3S/c1-14(2)22(3)26(24,25)18-10-8-17(9-11-18)21-19(23)12-7-15-5-4-6-16(20)13-15/h4-14H,1-3H3,(H,21,23)/b12-7+. The average molecular weight is 376 g/mol. The quantitative estimate of drug-likeness (QED) is 0.785. The van der Waals surface area contributed by atoms with Gasteiger partial charge in [0.15, 0.2) is 0 Å². The molecule has 0 aliphatic carbocycles. The second kappa shape index (κ2) is 8.25. The van der Waals surface area contributed by atoms with Crippen molar-refractivity contribution in [2.75, 3.05) is 12.4 Å². The molecule has 7 heteroatoms. The molecule has 0 bridgehead atoms. The van der Waals surface area contributed by atoms with E-state index in [1.54, 1.807) is 26.0 Å². The lowest BCUT2D eigenvalue weighted by atomic mass is 10.2. The molecular formula is C19H21FN2O3S. The van der Waals surface area contributed by atoms with Gasteiger partial charge in [-0.1, -0.05) is 12.1 Å². The van der Waals surface area contributed by atoms with Crippen LogP contribution in [0.5, 0.6) is 0 Å². The molecule has 0 saturated carbocycles. The van der Waals surface area contributed by atoms with Gasteiger partial charge in [-0.15, -0.1) is 0 Å². The number of amides is 1. The second-order valence-electron chi connectivity index (χ2n) is 6.02. The van der Waals surface area contributed by atoms with Crippen molar-refractivity contribution < 1.29 is 17.6 Å². The Bertz CT molecular complexity index is 907. The summed E-state index contributed by atoms with van der Waals surface area (Å²) in [5, 5.41) is 2.63. The van der Waals surface area contributed by atoms with Gasteiger partial charge in [0.2, 0.25) is 15.9 Å². The zero-order chi connectivity index (χ0) is 19.3. The van der Waals surface area contributed by atoms with E-state index in [0.717, 1.165) is 0 Å². The van der Waals surface area contributed by atoms with Crippen molar-refractivity contribution in [2.45, 2.75) is 24.8 Å². The third kappa shape index (κ3) is 5.00. The molecule has 26 heavy (non-hydrogen) atoms. The van der Waals surface area contributed by atoms with Crippen LogP contribution in [0.2, 0.25) is 0 Å². The summed E-state index contributed by atoms with van der Waals surface area (Å²) in [5.41, 5.74) is 1.03. The van der Waals surface area contributed by atoms with E-state index in [2.05, 4.69) is 5.32 Å². The predicted molar refractivity (Wildman–Crippen MR) is 101 cm³/mol. The SMILES string of the molecule is CC(C)N(C)S(=O)(=O)c1ccc(NC(=O)/C=C/c2cccc(F)c2)cc1. The minimum Gasteiger partial charge on any atom is -0.323 e. The number of halogens is 1. The summed E-state index contributed by atoms with van der Waals surface area (Å²) >= 11 is 0. The van der Waals surface area contributed by atoms with Gasteiger partial charge < -0.3 is 5.32 Å². The maximum Gasteiger partial charge on any atom is 0.248 e. The van der Waals surface area contributed by atoms with Gasteiger partial charge in [0, 0.05) is 24.9 Å². The summed E-state index contributed by atoms with van der Waals surface area (Å²) in [5.74, 6) is -0.778. The van der Waals surface area contributed by atoms with Crippen LogP contribution >= 0.6 is 0 Å². The molecule has 0 saturated heterocycles. The van der Waals surface area contributed by atoms with Gasteiger partial charge >= 0.3 is 0 Å². The Morgan fingerprint density at radius 1 is 1.15 bits per heavy atom. The van der Waals surface area contributed by atoms with Gasteiger partial charge in [0.25, 0.3) is 0 Å². The monoisotopic (exact) mass is 376 g/mol. The molecule has 1 N–H and O–H groups in total.